The summed E-state index contributed by atoms with van der Waals surface area (Å²) in [6.07, 6.45) is 33.0. The molecule has 0 aromatic rings. The summed E-state index contributed by atoms with van der Waals surface area (Å²) in [5.74, 6) is 0. The van der Waals surface area contributed by atoms with Gasteiger partial charge < -0.3 is 0 Å². The third kappa shape index (κ3) is 14.9. The fourth-order valence-electron chi connectivity index (χ4n) is 3.89. The van der Waals surface area contributed by atoms with Crippen molar-refractivity contribution in [2.75, 3.05) is 0 Å². The maximum absolute atomic E-state index is 1.50. The quantitative estimate of drug-likeness (QED) is 0.420. The summed E-state index contributed by atoms with van der Waals surface area (Å²) in [4.78, 5) is 0. The minimum absolute atomic E-state index is 1.50. The molecule has 1 saturated carbocycles. The molecule has 1 aliphatic rings. The lowest BCUT2D eigenvalue weighted by molar-refractivity contribution is 0.504. The van der Waals surface area contributed by atoms with E-state index >= 15 is 0 Å². The first kappa shape index (κ1) is 20.0. The minimum atomic E-state index is 1.50. The van der Waals surface area contributed by atoms with Crippen LogP contribution in [0.3, 0.4) is 0 Å². The molecule has 0 saturated heterocycles. The van der Waals surface area contributed by atoms with Gasteiger partial charge in [0.1, 0.15) is 0 Å². The Morgan fingerprint density at radius 3 is 0.182 bits per heavy atom. The molecule has 0 nitrogen and oxygen atoms in total. The summed E-state index contributed by atoms with van der Waals surface area (Å²) < 4.78 is 0. The molecule has 0 aliphatic heterocycles. The van der Waals surface area contributed by atoms with E-state index < -0.39 is 0 Å². The highest BCUT2D eigenvalue weighted by molar-refractivity contribution is 4.52. The van der Waals surface area contributed by atoms with Crippen LogP contribution in [-0.2, 0) is 0 Å². The number of hydrogen-bond acceptors (Lipinski definition) is 0. The summed E-state index contributed by atoms with van der Waals surface area (Å²) in [5.41, 5.74) is 0. The molecule has 0 N–H and O–H groups in total. The fraction of sp³-hybridized carbons (Fsp3) is 1.00. The Bertz CT molecular complexity index is 98.1. The monoisotopic (exact) mass is 308 g/mol. The van der Waals surface area contributed by atoms with Crippen LogP contribution >= 0.6 is 0 Å². The molecule has 1 rings (SSSR count). The van der Waals surface area contributed by atoms with E-state index in [-0.39, 0.29) is 0 Å². The zero-order chi connectivity index (χ0) is 15.6. The van der Waals surface area contributed by atoms with E-state index in [9.17, 15) is 0 Å². The largest absolute Gasteiger partial charge is 0.0533 e. The van der Waals surface area contributed by atoms with E-state index in [4.69, 9.17) is 0 Å². The van der Waals surface area contributed by atoms with Crippen molar-refractivity contribution in [1.82, 2.24) is 0 Å². The van der Waals surface area contributed by atoms with Crippen molar-refractivity contribution in [2.24, 2.45) is 0 Å². The Kier molecular flexibility index (Phi) is 15.8. The number of hydrogen-bond donors (Lipinski definition) is 0. The van der Waals surface area contributed by atoms with Gasteiger partial charge in [-0.1, -0.05) is 141 Å². The molecule has 0 heterocycles. The molecule has 0 bridgehead atoms. The lowest BCUT2D eigenvalue weighted by Crippen LogP contribution is -1.85. The highest BCUT2D eigenvalue weighted by Crippen LogP contribution is 2.16. The van der Waals surface area contributed by atoms with Gasteiger partial charge in [-0.15, -0.1) is 0 Å². The molecule has 0 unspecified atom stereocenters. The lowest BCUT2D eigenvalue weighted by Gasteiger charge is -2.05. The van der Waals surface area contributed by atoms with Crippen molar-refractivity contribution in [3.05, 3.63) is 0 Å². The fourth-order valence-corrected chi connectivity index (χ4v) is 3.89. The molecule has 0 amide bonds. The van der Waals surface area contributed by atoms with Crippen LogP contribution in [0.2, 0.25) is 0 Å². The zero-order valence-electron chi connectivity index (χ0n) is 15.6. The van der Waals surface area contributed by atoms with Crippen molar-refractivity contribution in [2.45, 2.75) is 141 Å². The smallest absolute Gasteiger partial charge is 0.0533 e. The van der Waals surface area contributed by atoms with Crippen LogP contribution in [0.1, 0.15) is 141 Å². The Labute approximate surface area is 141 Å². The first-order valence-corrected chi connectivity index (χ1v) is 11.0. The van der Waals surface area contributed by atoms with Gasteiger partial charge >= 0.3 is 0 Å². The van der Waals surface area contributed by atoms with Crippen molar-refractivity contribution in [1.29, 1.82) is 0 Å². The van der Waals surface area contributed by atoms with Crippen LogP contribution in [0.25, 0.3) is 0 Å². The van der Waals surface area contributed by atoms with E-state index in [0.29, 0.717) is 0 Å². The third-order valence-electron chi connectivity index (χ3n) is 5.50. The normalized spacial score (nSPS) is 24.0. The third-order valence-corrected chi connectivity index (χ3v) is 5.50. The van der Waals surface area contributed by atoms with Gasteiger partial charge in [0.2, 0.25) is 0 Å². The maximum atomic E-state index is 1.50. The van der Waals surface area contributed by atoms with Crippen molar-refractivity contribution in [3.8, 4) is 0 Å². The van der Waals surface area contributed by atoms with Gasteiger partial charge in [0.05, 0.1) is 0 Å². The van der Waals surface area contributed by atoms with Gasteiger partial charge in [-0.2, -0.15) is 0 Å². The predicted molar refractivity (Wildman–Crippen MR) is 102 cm³/mol. The van der Waals surface area contributed by atoms with Gasteiger partial charge in [0.25, 0.3) is 0 Å². The molecule has 0 heteroatoms. The number of rotatable bonds is 0. The Morgan fingerprint density at radius 2 is 0.136 bits per heavy atom. The van der Waals surface area contributed by atoms with Crippen LogP contribution in [0.15, 0.2) is 0 Å². The molecule has 22 heavy (non-hydrogen) atoms. The Balaban J connectivity index is 2.00. The summed E-state index contributed by atoms with van der Waals surface area (Å²) in [6, 6.07) is 0. The summed E-state index contributed by atoms with van der Waals surface area (Å²) in [7, 11) is 0. The van der Waals surface area contributed by atoms with E-state index in [0.717, 1.165) is 0 Å². The average Bonchev–Trinajstić information content (AvgIpc) is 2.53. The van der Waals surface area contributed by atoms with E-state index in [1.165, 1.54) is 141 Å². The molecular weight excluding hydrogens is 264 g/mol. The molecule has 0 aromatic carbocycles. The molecule has 0 aromatic heterocycles. The maximum Gasteiger partial charge on any atom is -0.0533 e. The van der Waals surface area contributed by atoms with E-state index in [1.54, 1.807) is 0 Å². The van der Waals surface area contributed by atoms with Gasteiger partial charge in [-0.3, -0.25) is 0 Å². The van der Waals surface area contributed by atoms with Crippen LogP contribution in [0.4, 0.5) is 0 Å². The standard InChI is InChI=1S/C22H44/c1-2-4-6-8-10-12-14-16-18-20-22-21-19-17-15-13-11-9-7-5-3-1/h1-22H2. The van der Waals surface area contributed by atoms with Gasteiger partial charge in [0.15, 0.2) is 0 Å². The highest BCUT2D eigenvalue weighted by atomic mass is 14.0. The minimum Gasteiger partial charge on any atom is -0.0533 e. The van der Waals surface area contributed by atoms with Crippen molar-refractivity contribution < 1.29 is 0 Å². The Morgan fingerprint density at radius 1 is 0.0909 bits per heavy atom. The van der Waals surface area contributed by atoms with Crippen LogP contribution < -0.4 is 0 Å². The van der Waals surface area contributed by atoms with Crippen LogP contribution in [0.5, 0.6) is 0 Å². The summed E-state index contributed by atoms with van der Waals surface area (Å²) in [6.45, 7) is 0. The molecule has 0 atom stereocenters. The summed E-state index contributed by atoms with van der Waals surface area (Å²) >= 11 is 0. The Hall–Kier alpha value is 0. The van der Waals surface area contributed by atoms with E-state index in [1.807, 2.05) is 0 Å². The lowest BCUT2D eigenvalue weighted by atomic mass is 10.0. The second-order valence-corrected chi connectivity index (χ2v) is 7.78. The molecule has 1 aliphatic carbocycles. The SMILES string of the molecule is C1CCCCCCCCCCCCCCCCCCCCC1. The van der Waals surface area contributed by atoms with Gasteiger partial charge in [0, 0.05) is 0 Å². The molecule has 132 valence electrons. The van der Waals surface area contributed by atoms with Gasteiger partial charge in [-0.25, -0.2) is 0 Å². The second kappa shape index (κ2) is 17.4. The predicted octanol–water partition coefficient (Wildman–Crippen LogP) is 8.58. The average molecular weight is 309 g/mol. The van der Waals surface area contributed by atoms with Gasteiger partial charge in [-0.05, 0) is 0 Å². The molecular formula is C22H44. The van der Waals surface area contributed by atoms with Crippen LogP contribution in [-0.4, -0.2) is 0 Å². The second-order valence-electron chi connectivity index (χ2n) is 7.78. The molecule has 0 spiro atoms. The van der Waals surface area contributed by atoms with Crippen molar-refractivity contribution >= 4 is 0 Å². The van der Waals surface area contributed by atoms with Crippen molar-refractivity contribution in [3.63, 3.8) is 0 Å². The van der Waals surface area contributed by atoms with E-state index in [2.05, 4.69) is 0 Å². The molecule has 1 fully saturated rings. The zero-order valence-corrected chi connectivity index (χ0v) is 15.6. The first-order valence-electron chi connectivity index (χ1n) is 11.0. The van der Waals surface area contributed by atoms with Crippen LogP contribution in [0, 0.1) is 0 Å². The molecule has 0 radical (unpaired) electrons. The summed E-state index contributed by atoms with van der Waals surface area (Å²) in [5, 5.41) is 0. The topological polar surface area (TPSA) is 0 Å². The highest BCUT2D eigenvalue weighted by Gasteiger charge is 1.97. The first-order chi connectivity index (χ1) is 11.0.